The summed E-state index contributed by atoms with van der Waals surface area (Å²) >= 11 is 0. The van der Waals surface area contributed by atoms with Crippen LogP contribution in [0.2, 0.25) is 0 Å². The minimum atomic E-state index is -0.297. The standard InChI is InChI=1S/C38H63N9O4/c1-3-4-5-7-10-16-27-25-28-19-20-31-32(26(2)43-38(44-27)47(28)31)34(48)50-23-13-9-6-8-11-17-29-33(30-18-15-22-46(30)37(41)45-29)35(49)51-24-14-12-21-42-36(39)40/h27-29,31H,3-25H2,1-2H3,(H2,41,45)(H,43,44)(H4,39,40,42)/t27-,28+,29-,31?/m1/s1. The van der Waals surface area contributed by atoms with Crippen LogP contribution in [0, 0.1) is 0 Å². The number of fused-ring (bicyclic) bond motifs is 1. The van der Waals surface area contributed by atoms with Crippen molar-refractivity contribution in [3.8, 4) is 0 Å². The number of esters is 2. The van der Waals surface area contributed by atoms with Gasteiger partial charge in [0.25, 0.3) is 0 Å². The van der Waals surface area contributed by atoms with Crippen molar-refractivity contribution in [1.82, 2.24) is 15.1 Å². The number of aliphatic imine (C=N–C) groups is 3. The first-order valence-electron chi connectivity index (χ1n) is 19.9. The van der Waals surface area contributed by atoms with E-state index >= 15 is 0 Å². The Hall–Kier alpha value is -3.77. The van der Waals surface area contributed by atoms with Crippen LogP contribution in [-0.4, -0.2) is 90.1 Å². The zero-order valence-corrected chi connectivity index (χ0v) is 31.2. The van der Waals surface area contributed by atoms with Gasteiger partial charge in [-0.2, -0.15) is 0 Å². The third kappa shape index (κ3) is 10.2. The number of carbonyl (C=O) groups is 2. The van der Waals surface area contributed by atoms with E-state index in [0.29, 0.717) is 49.8 Å². The van der Waals surface area contributed by atoms with Crippen LogP contribution in [0.4, 0.5) is 0 Å². The molecule has 0 spiro atoms. The number of nitrogens with one attached hydrogen (secondary N) is 1. The fourth-order valence-electron chi connectivity index (χ4n) is 8.40. The van der Waals surface area contributed by atoms with Gasteiger partial charge in [0.2, 0.25) is 0 Å². The molecule has 5 aliphatic heterocycles. The lowest BCUT2D eigenvalue weighted by molar-refractivity contribution is -0.140. The second kappa shape index (κ2) is 19.2. The van der Waals surface area contributed by atoms with Gasteiger partial charge in [-0.25, -0.2) is 19.6 Å². The summed E-state index contributed by atoms with van der Waals surface area (Å²) < 4.78 is 11.5. The number of nitrogens with two attached hydrogens (primary N) is 3. The largest absolute Gasteiger partial charge is 0.462 e. The average molecular weight is 710 g/mol. The molecule has 0 radical (unpaired) electrons. The van der Waals surface area contributed by atoms with Crippen molar-refractivity contribution in [2.75, 3.05) is 26.3 Å². The van der Waals surface area contributed by atoms with E-state index in [1.807, 2.05) is 11.8 Å². The molecule has 5 rings (SSSR count). The Labute approximate surface area is 304 Å². The monoisotopic (exact) mass is 710 g/mol. The second-order valence-corrected chi connectivity index (χ2v) is 14.8. The zero-order valence-electron chi connectivity index (χ0n) is 31.2. The van der Waals surface area contributed by atoms with E-state index in [2.05, 4.69) is 22.1 Å². The fourth-order valence-corrected chi connectivity index (χ4v) is 8.40. The molecule has 0 aliphatic carbocycles. The lowest BCUT2D eigenvalue weighted by Crippen LogP contribution is -2.56. The molecule has 5 aliphatic rings. The quantitative estimate of drug-likeness (QED) is 0.0563. The summed E-state index contributed by atoms with van der Waals surface area (Å²) in [6.45, 7) is 6.26. The molecule has 0 saturated carbocycles. The Kier molecular flexibility index (Phi) is 14.5. The van der Waals surface area contributed by atoms with Gasteiger partial charge < -0.3 is 41.8 Å². The highest BCUT2D eigenvalue weighted by Crippen LogP contribution is 2.39. The van der Waals surface area contributed by atoms with Crippen LogP contribution in [0.3, 0.4) is 0 Å². The van der Waals surface area contributed by atoms with E-state index < -0.39 is 0 Å². The Balaban J connectivity index is 1.01. The van der Waals surface area contributed by atoms with Gasteiger partial charge in [-0.15, -0.1) is 0 Å². The smallest absolute Gasteiger partial charge is 0.337 e. The first-order chi connectivity index (χ1) is 24.8. The topological polar surface area (TPSA) is 186 Å². The molecule has 0 aromatic carbocycles. The number of ether oxygens (including phenoxy) is 2. The highest BCUT2D eigenvalue weighted by atomic mass is 16.5. The minimum Gasteiger partial charge on any atom is -0.462 e. The number of guanidine groups is 3. The van der Waals surface area contributed by atoms with E-state index in [4.69, 9.17) is 36.7 Å². The predicted octanol–water partition coefficient (Wildman–Crippen LogP) is 4.71. The van der Waals surface area contributed by atoms with E-state index in [1.54, 1.807) is 0 Å². The molecule has 284 valence electrons. The van der Waals surface area contributed by atoms with Gasteiger partial charge in [0.15, 0.2) is 17.9 Å². The maximum absolute atomic E-state index is 13.3. The van der Waals surface area contributed by atoms with Crippen LogP contribution in [0.25, 0.3) is 0 Å². The molecule has 5 heterocycles. The van der Waals surface area contributed by atoms with E-state index in [9.17, 15) is 9.59 Å². The molecule has 0 aromatic heterocycles. The summed E-state index contributed by atoms with van der Waals surface area (Å²) in [5.41, 5.74) is 20.4. The Morgan fingerprint density at radius 3 is 2.33 bits per heavy atom. The summed E-state index contributed by atoms with van der Waals surface area (Å²) in [7, 11) is 0. The highest BCUT2D eigenvalue weighted by Gasteiger charge is 2.46. The second-order valence-electron chi connectivity index (χ2n) is 14.8. The van der Waals surface area contributed by atoms with Crippen LogP contribution in [0.15, 0.2) is 37.5 Å². The average Bonchev–Trinajstić information content (AvgIpc) is 3.76. The van der Waals surface area contributed by atoms with Crippen molar-refractivity contribution in [1.29, 1.82) is 0 Å². The Bertz CT molecular complexity index is 1370. The predicted molar refractivity (Wildman–Crippen MR) is 202 cm³/mol. The summed E-state index contributed by atoms with van der Waals surface area (Å²) in [6, 6.07) is 0.604. The summed E-state index contributed by atoms with van der Waals surface area (Å²) in [5, 5.41) is 3.48. The van der Waals surface area contributed by atoms with Crippen molar-refractivity contribution >= 4 is 29.8 Å². The number of rotatable bonds is 21. The Morgan fingerprint density at radius 2 is 1.57 bits per heavy atom. The van der Waals surface area contributed by atoms with E-state index in [1.165, 1.54) is 32.1 Å². The van der Waals surface area contributed by atoms with Crippen molar-refractivity contribution < 1.29 is 19.1 Å². The molecule has 7 N–H and O–H groups in total. The van der Waals surface area contributed by atoms with Crippen LogP contribution in [0.1, 0.15) is 136 Å². The molecule has 13 heteroatoms. The van der Waals surface area contributed by atoms with Crippen LogP contribution in [-0.2, 0) is 19.1 Å². The van der Waals surface area contributed by atoms with Crippen molar-refractivity contribution in [2.45, 2.75) is 160 Å². The van der Waals surface area contributed by atoms with Crippen LogP contribution >= 0.6 is 0 Å². The van der Waals surface area contributed by atoms with E-state index in [-0.39, 0.29) is 30.0 Å². The third-order valence-electron chi connectivity index (χ3n) is 11.0. The molecular formula is C38H63N9O4. The Morgan fingerprint density at radius 1 is 0.882 bits per heavy atom. The van der Waals surface area contributed by atoms with Gasteiger partial charge in [-0.05, 0) is 71.1 Å². The number of hydrogen-bond acceptors (Lipinski definition) is 11. The van der Waals surface area contributed by atoms with Crippen LogP contribution in [0.5, 0.6) is 0 Å². The zero-order chi connectivity index (χ0) is 36.2. The lowest BCUT2D eigenvalue weighted by Gasteiger charge is -2.42. The number of nitrogens with zero attached hydrogens (tertiary/aromatic N) is 5. The maximum Gasteiger partial charge on any atom is 0.337 e. The molecule has 0 aromatic rings. The molecule has 4 atom stereocenters. The van der Waals surface area contributed by atoms with E-state index in [0.717, 1.165) is 113 Å². The van der Waals surface area contributed by atoms with Crippen LogP contribution < -0.4 is 22.5 Å². The first-order valence-corrected chi connectivity index (χ1v) is 19.9. The fraction of sp³-hybridized carbons (Fsp3) is 0.763. The number of allylic oxidation sites excluding steroid dienone is 2. The molecule has 51 heavy (non-hydrogen) atoms. The van der Waals surface area contributed by atoms with Gasteiger partial charge in [0.05, 0.1) is 42.5 Å². The normalized spacial score (nSPS) is 23.7. The van der Waals surface area contributed by atoms with Crippen molar-refractivity contribution in [3.05, 3.63) is 22.5 Å². The molecule has 13 nitrogen and oxygen atoms in total. The molecule has 1 unspecified atom stereocenters. The maximum atomic E-state index is 13.3. The SMILES string of the molecule is CCCCCCC[C@@H]1C[C@@H]2CCC3C(C(=O)OCCCCCCC[C@H]4N=C(N)N5CCCC5=C4C(=O)OCCCCN=C(N)N)=C(C)NC(=N1)N32. The van der Waals surface area contributed by atoms with Gasteiger partial charge in [0, 0.05) is 30.5 Å². The molecule has 2 fully saturated rings. The van der Waals surface area contributed by atoms with Gasteiger partial charge in [-0.1, -0.05) is 64.7 Å². The minimum absolute atomic E-state index is 0.0638. The molecule has 2 saturated heterocycles. The lowest BCUT2D eigenvalue weighted by atomic mass is 9.96. The third-order valence-corrected chi connectivity index (χ3v) is 11.0. The van der Waals surface area contributed by atoms with Gasteiger partial charge >= 0.3 is 11.9 Å². The summed E-state index contributed by atoms with van der Waals surface area (Å²) in [5.74, 6) is 1.03. The molecule has 0 amide bonds. The van der Waals surface area contributed by atoms with Crippen molar-refractivity contribution in [3.63, 3.8) is 0 Å². The highest BCUT2D eigenvalue weighted by molar-refractivity contribution is 5.97. The number of carbonyl (C=O) groups excluding carboxylic acids is 2. The van der Waals surface area contributed by atoms with Gasteiger partial charge in [0.1, 0.15) is 0 Å². The molecular weight excluding hydrogens is 646 g/mol. The summed E-state index contributed by atoms with van der Waals surface area (Å²) in [4.78, 5) is 44.7. The van der Waals surface area contributed by atoms with Crippen molar-refractivity contribution in [2.24, 2.45) is 32.2 Å². The first kappa shape index (κ1) is 38.5. The summed E-state index contributed by atoms with van der Waals surface area (Å²) in [6.07, 6.45) is 19.4. The molecule has 0 bridgehead atoms. The number of unbranched alkanes of at least 4 members (excludes halogenated alkanes) is 9. The van der Waals surface area contributed by atoms with Gasteiger partial charge in [-0.3, -0.25) is 4.99 Å². The number of hydrogen-bond donors (Lipinski definition) is 4.